The maximum Gasteiger partial charge on any atom is 0.262 e. The number of halogens is 1. The van der Waals surface area contributed by atoms with Gasteiger partial charge in [-0.3, -0.25) is 4.79 Å². The molecule has 1 heterocycles. The largest absolute Gasteiger partial charge is 0.345 e. The summed E-state index contributed by atoms with van der Waals surface area (Å²) in [4.78, 5) is 12.2. The molecule has 70 valence electrons. The highest BCUT2D eigenvalue weighted by Crippen LogP contribution is 2.22. The summed E-state index contributed by atoms with van der Waals surface area (Å²) in [7, 11) is 0. The van der Waals surface area contributed by atoms with Crippen molar-refractivity contribution < 1.29 is 4.79 Å². The van der Waals surface area contributed by atoms with E-state index in [4.69, 9.17) is 0 Å². The van der Waals surface area contributed by atoms with E-state index in [1.807, 2.05) is 18.4 Å². The van der Waals surface area contributed by atoms with Gasteiger partial charge >= 0.3 is 0 Å². The first-order chi connectivity index (χ1) is 6.15. The van der Waals surface area contributed by atoms with Crippen LogP contribution < -0.4 is 5.32 Å². The first-order valence-corrected chi connectivity index (χ1v) is 5.49. The average molecular weight is 260 g/mol. The second kappa shape index (κ2) is 4.58. The number of rotatable bonds is 3. The Balaban J connectivity index is 2.69. The molecule has 1 atom stereocenters. The third-order valence-corrected chi connectivity index (χ3v) is 3.37. The minimum absolute atomic E-state index is 0.00139. The molecule has 1 aromatic rings. The van der Waals surface area contributed by atoms with Crippen molar-refractivity contribution in [2.75, 3.05) is 0 Å². The monoisotopic (exact) mass is 259 g/mol. The fraction of sp³-hybridized carbons (Fsp3) is 0.222. The molecule has 0 aromatic carbocycles. The van der Waals surface area contributed by atoms with E-state index in [0.29, 0.717) is 4.88 Å². The van der Waals surface area contributed by atoms with Crippen LogP contribution in [0.2, 0.25) is 0 Å². The minimum Gasteiger partial charge on any atom is -0.345 e. The van der Waals surface area contributed by atoms with E-state index in [0.717, 1.165) is 4.47 Å². The van der Waals surface area contributed by atoms with Gasteiger partial charge in [-0.15, -0.1) is 17.9 Å². The highest BCUT2D eigenvalue weighted by molar-refractivity contribution is 9.10. The quantitative estimate of drug-likeness (QED) is 0.832. The molecule has 1 N–H and O–H groups in total. The molecule has 1 rings (SSSR count). The topological polar surface area (TPSA) is 29.1 Å². The standard InChI is InChI=1S/C9H10BrNOS/c1-3-6(2)11-9(12)8-7(10)4-5-13-8/h3-6H,1H2,2H3,(H,11,12). The highest BCUT2D eigenvalue weighted by Gasteiger charge is 2.11. The van der Waals surface area contributed by atoms with E-state index < -0.39 is 0 Å². The molecule has 4 heteroatoms. The predicted molar refractivity (Wildman–Crippen MR) is 59.1 cm³/mol. The Morgan fingerprint density at radius 1 is 1.85 bits per heavy atom. The number of thiophene rings is 1. The van der Waals surface area contributed by atoms with Gasteiger partial charge in [0.1, 0.15) is 4.88 Å². The molecule has 0 aliphatic rings. The van der Waals surface area contributed by atoms with Crippen LogP contribution in [0.3, 0.4) is 0 Å². The number of hydrogen-bond donors (Lipinski definition) is 1. The lowest BCUT2D eigenvalue weighted by atomic mass is 10.3. The van der Waals surface area contributed by atoms with Gasteiger partial charge < -0.3 is 5.32 Å². The molecule has 1 aromatic heterocycles. The number of hydrogen-bond acceptors (Lipinski definition) is 2. The van der Waals surface area contributed by atoms with Crippen LogP contribution in [0.4, 0.5) is 0 Å². The number of amides is 1. The molecule has 0 radical (unpaired) electrons. The lowest BCUT2D eigenvalue weighted by Crippen LogP contribution is -2.30. The van der Waals surface area contributed by atoms with E-state index in [-0.39, 0.29) is 11.9 Å². The van der Waals surface area contributed by atoms with Gasteiger partial charge in [0.25, 0.3) is 5.91 Å². The second-order valence-corrected chi connectivity index (χ2v) is 4.37. The maximum absolute atomic E-state index is 11.5. The second-order valence-electron chi connectivity index (χ2n) is 2.60. The molecule has 0 saturated heterocycles. The van der Waals surface area contributed by atoms with Crippen molar-refractivity contribution in [2.45, 2.75) is 13.0 Å². The zero-order valence-corrected chi connectivity index (χ0v) is 9.61. The lowest BCUT2D eigenvalue weighted by Gasteiger charge is -2.07. The van der Waals surface area contributed by atoms with Crippen LogP contribution in [-0.2, 0) is 0 Å². The van der Waals surface area contributed by atoms with Crippen LogP contribution in [0.25, 0.3) is 0 Å². The van der Waals surface area contributed by atoms with Crippen molar-refractivity contribution in [1.29, 1.82) is 0 Å². The van der Waals surface area contributed by atoms with Crippen LogP contribution in [-0.4, -0.2) is 11.9 Å². The molecule has 2 nitrogen and oxygen atoms in total. The SMILES string of the molecule is C=CC(C)NC(=O)c1sccc1Br. The summed E-state index contributed by atoms with van der Waals surface area (Å²) in [6, 6.07) is 1.86. The Morgan fingerprint density at radius 2 is 2.54 bits per heavy atom. The van der Waals surface area contributed by atoms with E-state index in [1.165, 1.54) is 11.3 Å². The molecule has 0 fully saturated rings. The van der Waals surface area contributed by atoms with Crippen LogP contribution in [0.1, 0.15) is 16.6 Å². The average Bonchev–Trinajstić information content (AvgIpc) is 2.51. The third-order valence-electron chi connectivity index (χ3n) is 1.54. The summed E-state index contributed by atoms with van der Waals surface area (Å²) < 4.78 is 0.839. The number of nitrogens with one attached hydrogen (secondary N) is 1. The summed E-state index contributed by atoms with van der Waals surface area (Å²) in [5.74, 6) is -0.0609. The molecule has 13 heavy (non-hydrogen) atoms. The van der Waals surface area contributed by atoms with Crippen molar-refractivity contribution in [2.24, 2.45) is 0 Å². The molecule has 0 saturated carbocycles. The van der Waals surface area contributed by atoms with Gasteiger partial charge in [0.15, 0.2) is 0 Å². The van der Waals surface area contributed by atoms with Crippen LogP contribution >= 0.6 is 27.3 Å². The van der Waals surface area contributed by atoms with Crippen LogP contribution in [0, 0.1) is 0 Å². The van der Waals surface area contributed by atoms with Gasteiger partial charge in [0.05, 0.1) is 0 Å². The van der Waals surface area contributed by atoms with Crippen molar-refractivity contribution in [1.82, 2.24) is 5.32 Å². The van der Waals surface area contributed by atoms with Crippen molar-refractivity contribution in [3.05, 3.63) is 33.5 Å². The molecular formula is C9H10BrNOS. The predicted octanol–water partition coefficient (Wildman–Crippen LogP) is 2.81. The Hall–Kier alpha value is -0.610. The molecule has 0 bridgehead atoms. The zero-order chi connectivity index (χ0) is 9.84. The Kier molecular flexibility index (Phi) is 3.69. The van der Waals surface area contributed by atoms with E-state index in [9.17, 15) is 4.79 Å². The first kappa shape index (κ1) is 10.5. The molecule has 0 aliphatic heterocycles. The highest BCUT2D eigenvalue weighted by atomic mass is 79.9. The molecule has 1 unspecified atom stereocenters. The normalized spacial score (nSPS) is 12.2. The number of carbonyl (C=O) groups excluding carboxylic acids is 1. The summed E-state index contributed by atoms with van der Waals surface area (Å²) in [5, 5.41) is 4.67. The van der Waals surface area contributed by atoms with Crippen LogP contribution in [0.15, 0.2) is 28.6 Å². The smallest absolute Gasteiger partial charge is 0.262 e. The van der Waals surface area contributed by atoms with Gasteiger partial charge in [0, 0.05) is 10.5 Å². The fourth-order valence-corrected chi connectivity index (χ4v) is 2.24. The summed E-state index contributed by atoms with van der Waals surface area (Å²) >= 11 is 4.72. The number of carbonyl (C=O) groups is 1. The molecule has 1 amide bonds. The summed E-state index contributed by atoms with van der Waals surface area (Å²) in [6.45, 7) is 5.48. The minimum atomic E-state index is -0.0609. The lowest BCUT2D eigenvalue weighted by molar-refractivity contribution is 0.0950. The fourth-order valence-electron chi connectivity index (χ4n) is 0.787. The molecule has 0 spiro atoms. The van der Waals surface area contributed by atoms with Gasteiger partial charge in [-0.2, -0.15) is 0 Å². The Labute approximate surface area is 89.8 Å². The van der Waals surface area contributed by atoms with Gasteiger partial charge in [-0.05, 0) is 34.3 Å². The van der Waals surface area contributed by atoms with Gasteiger partial charge in [-0.25, -0.2) is 0 Å². The van der Waals surface area contributed by atoms with E-state index in [1.54, 1.807) is 6.08 Å². The van der Waals surface area contributed by atoms with E-state index >= 15 is 0 Å². The Morgan fingerprint density at radius 3 is 3.00 bits per heavy atom. The van der Waals surface area contributed by atoms with Crippen molar-refractivity contribution in [3.8, 4) is 0 Å². The van der Waals surface area contributed by atoms with E-state index in [2.05, 4.69) is 27.8 Å². The third kappa shape index (κ3) is 2.67. The molecular weight excluding hydrogens is 250 g/mol. The molecule has 0 aliphatic carbocycles. The zero-order valence-electron chi connectivity index (χ0n) is 7.21. The first-order valence-electron chi connectivity index (χ1n) is 3.81. The van der Waals surface area contributed by atoms with Crippen LogP contribution in [0.5, 0.6) is 0 Å². The summed E-state index contributed by atoms with van der Waals surface area (Å²) in [6.07, 6.45) is 1.69. The van der Waals surface area contributed by atoms with Gasteiger partial charge in [-0.1, -0.05) is 6.08 Å². The van der Waals surface area contributed by atoms with Crippen molar-refractivity contribution >= 4 is 33.2 Å². The maximum atomic E-state index is 11.5. The van der Waals surface area contributed by atoms with Crippen molar-refractivity contribution in [3.63, 3.8) is 0 Å². The van der Waals surface area contributed by atoms with Gasteiger partial charge in [0.2, 0.25) is 0 Å². The Bertz CT molecular complexity index is 321. The summed E-state index contributed by atoms with van der Waals surface area (Å²) in [5.41, 5.74) is 0.